The third-order valence-corrected chi connectivity index (χ3v) is 2.27. The molecular weight excluding hydrogens is 185 g/mol. The van der Waals surface area contributed by atoms with Crippen molar-refractivity contribution in [2.24, 2.45) is 0 Å². The average Bonchev–Trinajstić information content (AvgIpc) is 2.57. The van der Waals surface area contributed by atoms with E-state index in [1.807, 2.05) is 0 Å². The minimum Gasteiger partial charge on any atom is -0.447 e. The summed E-state index contributed by atoms with van der Waals surface area (Å²) in [6, 6.07) is 4.68. The molecule has 2 rings (SSSR count). The van der Waals surface area contributed by atoms with Gasteiger partial charge in [0, 0.05) is 0 Å². The molecule has 0 aromatic heterocycles. The molecule has 1 amide bonds. The number of rotatable bonds is 1. The summed E-state index contributed by atoms with van der Waals surface area (Å²) in [5.74, 6) is -0.261. The van der Waals surface area contributed by atoms with Crippen molar-refractivity contribution >= 4 is 6.09 Å². The fourth-order valence-corrected chi connectivity index (χ4v) is 1.39. The van der Waals surface area contributed by atoms with Gasteiger partial charge >= 0.3 is 6.09 Å². The topological polar surface area (TPSA) is 38.3 Å². The predicted octanol–water partition coefficient (Wildman–Crippen LogP) is 1.92. The van der Waals surface area contributed by atoms with Crippen molar-refractivity contribution in [1.82, 2.24) is 5.32 Å². The molecule has 0 aliphatic carbocycles. The Morgan fingerprint density at radius 3 is 2.93 bits per heavy atom. The number of halogens is 1. The van der Waals surface area contributed by atoms with Crippen LogP contribution in [-0.4, -0.2) is 12.7 Å². The minimum atomic E-state index is -0.448. The molecule has 0 bridgehead atoms. The lowest BCUT2D eigenvalue weighted by Gasteiger charge is -2.08. The van der Waals surface area contributed by atoms with E-state index in [2.05, 4.69) is 5.32 Å². The summed E-state index contributed by atoms with van der Waals surface area (Å²) in [6.07, 6.45) is -0.448. The van der Waals surface area contributed by atoms with Crippen LogP contribution < -0.4 is 5.32 Å². The van der Waals surface area contributed by atoms with Gasteiger partial charge in [-0.15, -0.1) is 0 Å². The molecule has 1 unspecified atom stereocenters. The first-order chi connectivity index (χ1) is 6.66. The normalized spacial score (nSPS) is 20.4. The van der Waals surface area contributed by atoms with Gasteiger partial charge in [-0.1, -0.05) is 12.1 Å². The quantitative estimate of drug-likeness (QED) is 0.743. The fourth-order valence-electron chi connectivity index (χ4n) is 1.39. The summed E-state index contributed by atoms with van der Waals surface area (Å²) < 4.78 is 17.9. The zero-order valence-electron chi connectivity index (χ0n) is 7.71. The summed E-state index contributed by atoms with van der Waals surface area (Å²) in [6.45, 7) is 1.96. The van der Waals surface area contributed by atoms with E-state index in [1.54, 1.807) is 19.1 Å². The third kappa shape index (κ3) is 1.55. The lowest BCUT2D eigenvalue weighted by atomic mass is 10.1. The van der Waals surface area contributed by atoms with Crippen molar-refractivity contribution < 1.29 is 13.9 Å². The Balaban J connectivity index is 2.24. The molecule has 1 aliphatic rings. The van der Waals surface area contributed by atoms with E-state index in [9.17, 15) is 9.18 Å². The molecule has 1 heterocycles. The third-order valence-electron chi connectivity index (χ3n) is 2.27. The highest BCUT2D eigenvalue weighted by Gasteiger charge is 2.23. The maximum Gasteiger partial charge on any atom is 0.407 e. The van der Waals surface area contributed by atoms with Gasteiger partial charge in [0.25, 0.3) is 0 Å². The maximum atomic E-state index is 13.2. The first-order valence-electron chi connectivity index (χ1n) is 4.36. The van der Waals surface area contributed by atoms with Crippen molar-refractivity contribution in [2.75, 3.05) is 6.61 Å². The molecule has 1 saturated heterocycles. The summed E-state index contributed by atoms with van der Waals surface area (Å²) in [7, 11) is 0. The van der Waals surface area contributed by atoms with Gasteiger partial charge in [0.15, 0.2) is 0 Å². The molecule has 0 spiro atoms. The Labute approximate surface area is 80.9 Å². The summed E-state index contributed by atoms with van der Waals surface area (Å²) in [5.41, 5.74) is 1.33. The number of benzene rings is 1. The number of hydrogen-bond acceptors (Lipinski definition) is 2. The van der Waals surface area contributed by atoms with Crippen molar-refractivity contribution in [3.05, 3.63) is 35.1 Å². The number of amides is 1. The molecule has 0 saturated carbocycles. The van der Waals surface area contributed by atoms with Crippen LogP contribution in [0.2, 0.25) is 0 Å². The maximum absolute atomic E-state index is 13.2. The van der Waals surface area contributed by atoms with E-state index in [4.69, 9.17) is 4.74 Å². The van der Waals surface area contributed by atoms with Crippen LogP contribution in [-0.2, 0) is 4.74 Å². The Morgan fingerprint density at radius 2 is 2.36 bits per heavy atom. The SMILES string of the molecule is Cc1ccc(C2COC(=O)N2)cc1F. The lowest BCUT2D eigenvalue weighted by molar-refractivity contribution is 0.177. The smallest absolute Gasteiger partial charge is 0.407 e. The van der Waals surface area contributed by atoms with E-state index in [0.717, 1.165) is 5.56 Å². The number of alkyl carbamates (subject to hydrolysis) is 1. The van der Waals surface area contributed by atoms with Crippen LogP contribution in [0.15, 0.2) is 18.2 Å². The average molecular weight is 195 g/mol. The van der Waals surface area contributed by atoms with Crippen LogP contribution in [0.4, 0.5) is 9.18 Å². The minimum absolute atomic E-state index is 0.224. The van der Waals surface area contributed by atoms with Gasteiger partial charge in [-0.2, -0.15) is 0 Å². The predicted molar refractivity (Wildman–Crippen MR) is 48.4 cm³/mol. The van der Waals surface area contributed by atoms with Crippen molar-refractivity contribution in [3.8, 4) is 0 Å². The zero-order chi connectivity index (χ0) is 10.1. The molecule has 1 atom stereocenters. The molecule has 1 N–H and O–H groups in total. The van der Waals surface area contributed by atoms with Gasteiger partial charge in [-0.05, 0) is 24.1 Å². The Morgan fingerprint density at radius 1 is 1.57 bits per heavy atom. The molecule has 1 aromatic carbocycles. The second kappa shape index (κ2) is 3.29. The first-order valence-corrected chi connectivity index (χ1v) is 4.36. The molecule has 1 fully saturated rings. The monoisotopic (exact) mass is 195 g/mol. The number of cyclic esters (lactones) is 1. The van der Waals surface area contributed by atoms with Crippen LogP contribution in [0.25, 0.3) is 0 Å². The van der Waals surface area contributed by atoms with Crippen molar-refractivity contribution in [3.63, 3.8) is 0 Å². The standard InChI is InChI=1S/C10H10FNO2/c1-6-2-3-7(4-8(6)11)9-5-14-10(13)12-9/h2-4,9H,5H2,1H3,(H,12,13). The van der Waals surface area contributed by atoms with Gasteiger partial charge in [-0.25, -0.2) is 9.18 Å². The molecule has 14 heavy (non-hydrogen) atoms. The molecule has 0 radical (unpaired) electrons. The van der Waals surface area contributed by atoms with Crippen molar-refractivity contribution in [1.29, 1.82) is 0 Å². The highest BCUT2D eigenvalue weighted by Crippen LogP contribution is 2.20. The first kappa shape index (κ1) is 8.99. The second-order valence-electron chi connectivity index (χ2n) is 3.30. The van der Waals surface area contributed by atoms with Gasteiger partial charge in [0.05, 0.1) is 6.04 Å². The van der Waals surface area contributed by atoms with E-state index >= 15 is 0 Å². The number of nitrogens with one attached hydrogen (secondary N) is 1. The summed E-state index contributed by atoms with van der Waals surface area (Å²) in [4.78, 5) is 10.8. The van der Waals surface area contributed by atoms with Gasteiger partial charge in [-0.3, -0.25) is 0 Å². The summed E-state index contributed by atoms with van der Waals surface area (Å²) in [5, 5.41) is 2.59. The Hall–Kier alpha value is -1.58. The van der Waals surface area contributed by atoms with E-state index in [0.29, 0.717) is 5.56 Å². The van der Waals surface area contributed by atoms with Gasteiger partial charge in [0.2, 0.25) is 0 Å². The van der Waals surface area contributed by atoms with Gasteiger partial charge in [0.1, 0.15) is 12.4 Å². The van der Waals surface area contributed by atoms with Gasteiger partial charge < -0.3 is 10.1 Å². The Kier molecular flexibility index (Phi) is 2.11. The van der Waals surface area contributed by atoms with Crippen LogP contribution in [0.3, 0.4) is 0 Å². The second-order valence-corrected chi connectivity index (χ2v) is 3.30. The number of carbonyl (C=O) groups excluding carboxylic acids is 1. The number of ether oxygens (including phenoxy) is 1. The zero-order valence-corrected chi connectivity index (χ0v) is 7.71. The number of aryl methyl sites for hydroxylation is 1. The van der Waals surface area contributed by atoms with Crippen molar-refractivity contribution in [2.45, 2.75) is 13.0 Å². The molecule has 4 heteroatoms. The van der Waals surface area contributed by atoms with E-state index < -0.39 is 6.09 Å². The molecule has 74 valence electrons. The van der Waals surface area contributed by atoms with E-state index in [1.165, 1.54) is 6.07 Å². The largest absolute Gasteiger partial charge is 0.447 e. The van der Waals surface area contributed by atoms with Crippen LogP contribution in [0.1, 0.15) is 17.2 Å². The lowest BCUT2D eigenvalue weighted by Crippen LogP contribution is -2.18. The van der Waals surface area contributed by atoms with Crippen LogP contribution in [0, 0.1) is 12.7 Å². The summed E-state index contributed by atoms with van der Waals surface area (Å²) >= 11 is 0. The molecule has 1 aromatic rings. The Bertz CT molecular complexity index is 378. The van der Waals surface area contributed by atoms with Crippen LogP contribution >= 0.6 is 0 Å². The van der Waals surface area contributed by atoms with Crippen LogP contribution in [0.5, 0.6) is 0 Å². The number of hydrogen-bond donors (Lipinski definition) is 1. The molecule has 1 aliphatic heterocycles. The van der Waals surface area contributed by atoms with E-state index in [-0.39, 0.29) is 18.5 Å². The molecule has 3 nitrogen and oxygen atoms in total. The highest BCUT2D eigenvalue weighted by molar-refractivity contribution is 5.70. The fraction of sp³-hybridized carbons (Fsp3) is 0.300. The molecular formula is C10H10FNO2. The number of carbonyl (C=O) groups is 1. The highest BCUT2D eigenvalue weighted by atomic mass is 19.1.